The Kier molecular flexibility index (Phi) is 6.37. The summed E-state index contributed by atoms with van der Waals surface area (Å²) in [6.07, 6.45) is 1.00. The quantitative estimate of drug-likeness (QED) is 0.788. The Hall–Kier alpha value is -2.41. The molecule has 0 aromatic heterocycles. The van der Waals surface area contributed by atoms with Gasteiger partial charge in [0.1, 0.15) is 11.6 Å². The molecule has 0 aliphatic rings. The van der Waals surface area contributed by atoms with Crippen molar-refractivity contribution in [3.05, 3.63) is 53.8 Å². The van der Waals surface area contributed by atoms with Crippen molar-refractivity contribution in [2.24, 2.45) is 0 Å². The number of hydrogen-bond acceptors (Lipinski definition) is 4. The number of methoxy groups -OCH3 is 1. The fraction of sp³-hybridized carbons (Fsp3) is 0.316. The summed E-state index contributed by atoms with van der Waals surface area (Å²) in [4.78, 5) is 12.5. The Balaban J connectivity index is 2.38. The number of sulfone groups is 1. The monoisotopic (exact) mass is 379 g/mol. The van der Waals surface area contributed by atoms with Crippen LogP contribution in [0.25, 0.3) is 0 Å². The maximum absolute atomic E-state index is 13.0. The van der Waals surface area contributed by atoms with Gasteiger partial charge in [0.15, 0.2) is 9.84 Å². The van der Waals surface area contributed by atoms with Gasteiger partial charge in [0.25, 0.3) is 5.91 Å². The molecular formula is C19H22FNO4S. The molecule has 0 unspecified atom stereocenters. The molecule has 7 heteroatoms. The first-order valence-corrected chi connectivity index (χ1v) is 9.87. The fourth-order valence-corrected chi connectivity index (χ4v) is 4.48. The third-order valence-electron chi connectivity index (χ3n) is 4.20. The van der Waals surface area contributed by atoms with Gasteiger partial charge in [-0.05, 0) is 55.3 Å². The molecule has 26 heavy (non-hydrogen) atoms. The Morgan fingerprint density at radius 3 is 2.27 bits per heavy atom. The molecule has 5 nitrogen and oxygen atoms in total. The fourth-order valence-electron chi connectivity index (χ4n) is 2.68. The van der Waals surface area contributed by atoms with E-state index in [0.717, 1.165) is 0 Å². The van der Waals surface area contributed by atoms with Crippen molar-refractivity contribution in [1.82, 2.24) is 0 Å². The minimum Gasteiger partial charge on any atom is -0.495 e. The SMILES string of the molecule is CCC(CC)S(=O)(=O)c1ccc(OC)c(NC(=O)c2ccc(F)cc2)c1. The third-order valence-corrected chi connectivity index (χ3v) is 6.66. The molecule has 2 aromatic rings. The van der Waals surface area contributed by atoms with Gasteiger partial charge in [-0.2, -0.15) is 0 Å². The van der Waals surface area contributed by atoms with Crippen LogP contribution in [0.5, 0.6) is 5.75 Å². The molecule has 0 aliphatic heterocycles. The standard InChI is InChI=1S/C19H22FNO4S/c1-4-15(5-2)26(23,24)16-10-11-18(25-3)17(12-16)21-19(22)13-6-8-14(20)9-7-13/h6-12,15H,4-5H2,1-3H3,(H,21,22). The lowest BCUT2D eigenvalue weighted by Crippen LogP contribution is -2.20. The molecule has 0 aliphatic carbocycles. The number of halogens is 1. The van der Waals surface area contributed by atoms with E-state index in [-0.39, 0.29) is 16.1 Å². The van der Waals surface area contributed by atoms with Gasteiger partial charge in [0.2, 0.25) is 0 Å². The highest BCUT2D eigenvalue weighted by atomic mass is 32.2. The van der Waals surface area contributed by atoms with Crippen LogP contribution in [0.4, 0.5) is 10.1 Å². The molecule has 0 heterocycles. The maximum atomic E-state index is 13.0. The summed E-state index contributed by atoms with van der Waals surface area (Å²) < 4.78 is 43.7. The second-order valence-electron chi connectivity index (χ2n) is 5.81. The number of ether oxygens (including phenoxy) is 1. The number of hydrogen-bond donors (Lipinski definition) is 1. The second-order valence-corrected chi connectivity index (χ2v) is 8.03. The normalized spacial score (nSPS) is 11.4. The number of amides is 1. The Bertz CT molecular complexity index is 875. The number of benzene rings is 2. The zero-order chi connectivity index (χ0) is 19.3. The molecule has 0 fully saturated rings. The highest BCUT2D eigenvalue weighted by Gasteiger charge is 2.25. The molecule has 2 aromatic carbocycles. The largest absolute Gasteiger partial charge is 0.495 e. The summed E-state index contributed by atoms with van der Waals surface area (Å²) in [5.41, 5.74) is 0.496. The molecule has 0 saturated heterocycles. The summed E-state index contributed by atoms with van der Waals surface area (Å²) >= 11 is 0. The van der Waals surface area contributed by atoms with Crippen LogP contribution in [0.1, 0.15) is 37.0 Å². The van der Waals surface area contributed by atoms with Crippen LogP contribution in [-0.4, -0.2) is 26.7 Å². The topological polar surface area (TPSA) is 72.5 Å². The number of carbonyl (C=O) groups is 1. The minimum absolute atomic E-state index is 0.126. The van der Waals surface area contributed by atoms with Crippen molar-refractivity contribution in [2.75, 3.05) is 12.4 Å². The van der Waals surface area contributed by atoms with Gasteiger partial charge in [-0.25, -0.2) is 12.8 Å². The van der Waals surface area contributed by atoms with E-state index >= 15 is 0 Å². The van der Waals surface area contributed by atoms with E-state index in [4.69, 9.17) is 4.74 Å². The molecule has 1 N–H and O–H groups in total. The second kappa shape index (κ2) is 8.31. The predicted octanol–water partition coefficient (Wildman–Crippen LogP) is 4.05. The summed E-state index contributed by atoms with van der Waals surface area (Å²) in [5.74, 6) is -0.596. The van der Waals surface area contributed by atoms with E-state index in [1.165, 1.54) is 49.6 Å². The Labute approximate surface area is 153 Å². The lowest BCUT2D eigenvalue weighted by atomic mass is 10.2. The van der Waals surface area contributed by atoms with Gasteiger partial charge in [-0.1, -0.05) is 13.8 Å². The van der Waals surface area contributed by atoms with Gasteiger partial charge in [0.05, 0.1) is 22.9 Å². The first-order valence-electron chi connectivity index (χ1n) is 8.32. The van der Waals surface area contributed by atoms with E-state index < -0.39 is 26.8 Å². The van der Waals surface area contributed by atoms with Gasteiger partial charge >= 0.3 is 0 Å². The molecule has 0 bridgehead atoms. The third kappa shape index (κ3) is 4.22. The average molecular weight is 379 g/mol. The molecule has 140 valence electrons. The van der Waals surface area contributed by atoms with E-state index in [2.05, 4.69) is 5.32 Å². The first-order chi connectivity index (χ1) is 12.3. The van der Waals surface area contributed by atoms with Gasteiger partial charge in [-0.15, -0.1) is 0 Å². The van der Waals surface area contributed by atoms with Crippen LogP contribution in [-0.2, 0) is 9.84 Å². The molecule has 1 amide bonds. The predicted molar refractivity (Wildman–Crippen MR) is 98.9 cm³/mol. The number of rotatable bonds is 7. The van der Waals surface area contributed by atoms with Crippen LogP contribution in [0.3, 0.4) is 0 Å². The van der Waals surface area contributed by atoms with Gasteiger partial charge < -0.3 is 10.1 Å². The average Bonchev–Trinajstić information content (AvgIpc) is 2.63. The van der Waals surface area contributed by atoms with E-state index in [1.54, 1.807) is 0 Å². The molecule has 2 rings (SSSR count). The van der Waals surface area contributed by atoms with E-state index in [0.29, 0.717) is 18.6 Å². The molecule has 0 radical (unpaired) electrons. The van der Waals surface area contributed by atoms with Crippen LogP contribution in [0.15, 0.2) is 47.4 Å². The highest BCUT2D eigenvalue weighted by molar-refractivity contribution is 7.92. The zero-order valence-electron chi connectivity index (χ0n) is 15.0. The van der Waals surface area contributed by atoms with Crippen molar-refractivity contribution in [1.29, 1.82) is 0 Å². The van der Waals surface area contributed by atoms with Crippen LogP contribution < -0.4 is 10.1 Å². The van der Waals surface area contributed by atoms with Crippen LogP contribution in [0, 0.1) is 5.82 Å². The smallest absolute Gasteiger partial charge is 0.255 e. The number of carbonyl (C=O) groups excluding carboxylic acids is 1. The lowest BCUT2D eigenvalue weighted by Gasteiger charge is -2.16. The number of anilines is 1. The Morgan fingerprint density at radius 1 is 1.12 bits per heavy atom. The van der Waals surface area contributed by atoms with Crippen LogP contribution >= 0.6 is 0 Å². The molecule has 0 atom stereocenters. The summed E-state index contributed by atoms with van der Waals surface area (Å²) in [6.45, 7) is 3.65. The van der Waals surface area contributed by atoms with Crippen LogP contribution in [0.2, 0.25) is 0 Å². The van der Waals surface area contributed by atoms with E-state index in [1.807, 2.05) is 13.8 Å². The maximum Gasteiger partial charge on any atom is 0.255 e. The van der Waals surface area contributed by atoms with Crippen molar-refractivity contribution < 1.29 is 22.3 Å². The Morgan fingerprint density at radius 2 is 1.73 bits per heavy atom. The minimum atomic E-state index is -3.51. The first kappa shape index (κ1) is 19.9. The zero-order valence-corrected chi connectivity index (χ0v) is 15.8. The molecular weight excluding hydrogens is 357 g/mol. The highest BCUT2D eigenvalue weighted by Crippen LogP contribution is 2.30. The molecule has 0 spiro atoms. The summed E-state index contributed by atoms with van der Waals surface area (Å²) in [6, 6.07) is 9.44. The van der Waals surface area contributed by atoms with Gasteiger partial charge in [-0.3, -0.25) is 4.79 Å². The van der Waals surface area contributed by atoms with Crippen molar-refractivity contribution in [3.63, 3.8) is 0 Å². The summed E-state index contributed by atoms with van der Waals surface area (Å²) in [7, 11) is -2.08. The van der Waals surface area contributed by atoms with Gasteiger partial charge in [0, 0.05) is 5.56 Å². The number of nitrogens with one attached hydrogen (secondary N) is 1. The molecule has 0 saturated carbocycles. The van der Waals surface area contributed by atoms with Crippen molar-refractivity contribution in [2.45, 2.75) is 36.8 Å². The van der Waals surface area contributed by atoms with Crippen molar-refractivity contribution >= 4 is 21.4 Å². The summed E-state index contributed by atoms with van der Waals surface area (Å²) in [5, 5.41) is 2.14. The van der Waals surface area contributed by atoms with Crippen molar-refractivity contribution in [3.8, 4) is 5.75 Å². The lowest BCUT2D eigenvalue weighted by molar-refractivity contribution is 0.102. The van der Waals surface area contributed by atoms with E-state index in [9.17, 15) is 17.6 Å².